The zero-order chi connectivity index (χ0) is 18.0. The van der Waals surface area contributed by atoms with E-state index in [4.69, 9.17) is 33.0 Å². The average molecular weight is 373 g/mol. The van der Waals surface area contributed by atoms with Crippen LogP contribution >= 0.6 is 23.2 Å². The fourth-order valence-corrected chi connectivity index (χ4v) is 2.41. The highest BCUT2D eigenvalue weighted by atomic mass is 35.5. The van der Waals surface area contributed by atoms with Crippen LogP contribution in [0, 0.1) is 0 Å². The van der Waals surface area contributed by atoms with Gasteiger partial charge in [0, 0.05) is 5.56 Å². The van der Waals surface area contributed by atoms with Crippen LogP contribution in [-0.2, 0) is 0 Å². The minimum absolute atomic E-state index is 0.0366. The van der Waals surface area contributed by atoms with Crippen LogP contribution in [-0.4, -0.2) is 26.4 Å². The Hall–Kier alpha value is -2.38. The van der Waals surface area contributed by atoms with Crippen LogP contribution in [0.15, 0.2) is 18.2 Å². The molecule has 0 unspecified atom stereocenters. The Morgan fingerprint density at radius 2 is 1.92 bits per heavy atom. The lowest BCUT2D eigenvalue weighted by molar-refractivity contribution is 0.209. The molecule has 2 rings (SSSR count). The minimum atomic E-state index is -1.41. The number of phenolic OH excluding ortho intramolecular Hbond substituents is 1. The van der Waals surface area contributed by atoms with Crippen LogP contribution in [0.1, 0.15) is 25.3 Å². The van der Waals surface area contributed by atoms with E-state index in [0.29, 0.717) is 11.3 Å². The van der Waals surface area contributed by atoms with Gasteiger partial charge in [0.25, 0.3) is 0 Å². The molecule has 0 fully saturated rings. The van der Waals surface area contributed by atoms with Crippen molar-refractivity contribution in [3.05, 3.63) is 33.8 Å². The highest BCUT2D eigenvalue weighted by Crippen LogP contribution is 2.44. The number of amides is 1. The highest BCUT2D eigenvalue weighted by Gasteiger charge is 2.21. The molecule has 0 saturated carbocycles. The van der Waals surface area contributed by atoms with Gasteiger partial charge in [-0.05, 0) is 24.1 Å². The lowest BCUT2D eigenvalue weighted by Crippen LogP contribution is -2.09. The predicted molar refractivity (Wildman–Crippen MR) is 89.8 cm³/mol. The molecule has 1 aromatic carbocycles. The second-order valence-electron chi connectivity index (χ2n) is 5.15. The molecule has 4 N–H and O–H groups in total. The Bertz CT molecular complexity index is 796. The first-order valence-corrected chi connectivity index (χ1v) is 7.55. The summed E-state index contributed by atoms with van der Waals surface area (Å²) in [5.41, 5.74) is 0.641. The zero-order valence-electron chi connectivity index (χ0n) is 12.7. The van der Waals surface area contributed by atoms with Crippen molar-refractivity contribution in [1.29, 1.82) is 0 Å². The fraction of sp³-hybridized carbons (Fsp3) is 0.200. The van der Waals surface area contributed by atoms with E-state index in [1.54, 1.807) is 6.07 Å². The number of pyridine rings is 1. The van der Waals surface area contributed by atoms with Crippen LogP contribution in [0.4, 0.5) is 10.6 Å². The van der Waals surface area contributed by atoms with Gasteiger partial charge in [-0.15, -0.1) is 0 Å². The van der Waals surface area contributed by atoms with Crippen LogP contribution in [0.5, 0.6) is 23.1 Å². The fourth-order valence-electron chi connectivity index (χ4n) is 1.96. The lowest BCUT2D eigenvalue weighted by Gasteiger charge is -2.15. The number of carboxylic acid groups (broad SMARTS) is 1. The summed E-state index contributed by atoms with van der Waals surface area (Å²) in [4.78, 5) is 14.3. The Morgan fingerprint density at radius 1 is 1.25 bits per heavy atom. The van der Waals surface area contributed by atoms with Gasteiger partial charge in [0.05, 0.1) is 0 Å². The first kappa shape index (κ1) is 18.0. The summed E-state index contributed by atoms with van der Waals surface area (Å²) in [6.07, 6.45) is -1.41. The van der Waals surface area contributed by atoms with E-state index in [-0.39, 0.29) is 33.3 Å². The standard InChI is InChI=1S/C15H14Cl2N2O5/c1-6(2)8-5-7(3-4-9(8)20)24-12-10(16)13(19-15(22)23)18-14(21)11(12)17/h3-6,20H,1-2H3,(H,22,23)(H2,18,19,21). The Morgan fingerprint density at radius 3 is 2.50 bits per heavy atom. The molecule has 1 aromatic heterocycles. The molecule has 0 aliphatic rings. The largest absolute Gasteiger partial charge is 0.508 e. The van der Waals surface area contributed by atoms with Crippen LogP contribution in [0.3, 0.4) is 0 Å². The molecule has 128 valence electrons. The number of ether oxygens (including phenoxy) is 1. The van der Waals surface area contributed by atoms with Gasteiger partial charge < -0.3 is 20.1 Å². The number of nitrogens with zero attached hydrogens (tertiary/aromatic N) is 1. The number of benzene rings is 1. The molecule has 24 heavy (non-hydrogen) atoms. The smallest absolute Gasteiger partial charge is 0.410 e. The van der Waals surface area contributed by atoms with Crippen LogP contribution in [0.25, 0.3) is 0 Å². The molecule has 0 spiro atoms. The number of aromatic nitrogens is 1. The monoisotopic (exact) mass is 372 g/mol. The number of anilines is 1. The van der Waals surface area contributed by atoms with Crippen molar-refractivity contribution in [2.24, 2.45) is 0 Å². The molecule has 0 aliphatic carbocycles. The number of nitrogens with one attached hydrogen (secondary N) is 1. The van der Waals surface area contributed by atoms with Gasteiger partial charge in [0.15, 0.2) is 11.6 Å². The topological polar surface area (TPSA) is 112 Å². The quantitative estimate of drug-likeness (QED) is 0.612. The van der Waals surface area contributed by atoms with Crippen molar-refractivity contribution in [2.75, 3.05) is 5.32 Å². The molecule has 0 radical (unpaired) electrons. The molecule has 0 bridgehead atoms. The van der Waals surface area contributed by atoms with Crippen molar-refractivity contribution in [3.8, 4) is 23.1 Å². The summed E-state index contributed by atoms with van der Waals surface area (Å²) < 4.78 is 5.58. The number of halogens is 2. The van der Waals surface area contributed by atoms with Gasteiger partial charge in [-0.2, -0.15) is 4.98 Å². The number of aromatic hydroxyl groups is 2. The molecule has 9 heteroatoms. The maximum atomic E-state index is 10.8. The third-order valence-electron chi connectivity index (χ3n) is 3.09. The van der Waals surface area contributed by atoms with Crippen molar-refractivity contribution in [3.63, 3.8) is 0 Å². The summed E-state index contributed by atoms with van der Waals surface area (Å²) in [7, 11) is 0. The molecule has 7 nitrogen and oxygen atoms in total. The molecule has 0 saturated heterocycles. The van der Waals surface area contributed by atoms with Crippen molar-refractivity contribution in [1.82, 2.24) is 4.98 Å². The zero-order valence-corrected chi connectivity index (χ0v) is 14.2. The third-order valence-corrected chi connectivity index (χ3v) is 3.78. The molecular formula is C15H14Cl2N2O5. The molecule has 1 heterocycles. The summed E-state index contributed by atoms with van der Waals surface area (Å²) in [5, 5.41) is 29.8. The van der Waals surface area contributed by atoms with Gasteiger partial charge in [-0.25, -0.2) is 4.79 Å². The SMILES string of the molecule is CC(C)c1cc(Oc2c(Cl)c(O)nc(NC(=O)O)c2Cl)ccc1O. The van der Waals surface area contributed by atoms with Gasteiger partial charge in [0.2, 0.25) is 5.88 Å². The summed E-state index contributed by atoms with van der Waals surface area (Å²) in [6.45, 7) is 3.79. The van der Waals surface area contributed by atoms with Crippen LogP contribution < -0.4 is 10.1 Å². The second-order valence-corrected chi connectivity index (χ2v) is 5.90. The molecular weight excluding hydrogens is 359 g/mol. The lowest BCUT2D eigenvalue weighted by atomic mass is 10.0. The van der Waals surface area contributed by atoms with Crippen molar-refractivity contribution < 1.29 is 24.9 Å². The summed E-state index contributed by atoms with van der Waals surface area (Å²) >= 11 is 12.0. The number of hydrogen-bond acceptors (Lipinski definition) is 5. The normalized spacial score (nSPS) is 10.7. The van der Waals surface area contributed by atoms with E-state index in [0.717, 1.165) is 0 Å². The number of rotatable bonds is 4. The Balaban J connectivity index is 2.48. The highest BCUT2D eigenvalue weighted by molar-refractivity contribution is 6.39. The molecule has 0 atom stereocenters. The van der Waals surface area contributed by atoms with Crippen molar-refractivity contribution in [2.45, 2.75) is 19.8 Å². The Kier molecular flexibility index (Phi) is 5.26. The molecule has 1 amide bonds. The molecule has 2 aromatic rings. The van der Waals surface area contributed by atoms with E-state index >= 15 is 0 Å². The molecule has 0 aliphatic heterocycles. The number of hydrogen-bond donors (Lipinski definition) is 4. The van der Waals surface area contributed by atoms with Gasteiger partial charge in [0.1, 0.15) is 21.5 Å². The first-order valence-electron chi connectivity index (χ1n) is 6.79. The average Bonchev–Trinajstić information content (AvgIpc) is 2.50. The van der Waals surface area contributed by atoms with E-state index in [2.05, 4.69) is 4.98 Å². The van der Waals surface area contributed by atoms with E-state index < -0.39 is 12.0 Å². The maximum absolute atomic E-state index is 10.8. The second kappa shape index (κ2) is 7.02. The van der Waals surface area contributed by atoms with Gasteiger partial charge in [-0.3, -0.25) is 5.32 Å². The first-order chi connectivity index (χ1) is 11.2. The maximum Gasteiger partial charge on any atom is 0.410 e. The van der Waals surface area contributed by atoms with Crippen LogP contribution in [0.2, 0.25) is 10.0 Å². The number of phenols is 1. The van der Waals surface area contributed by atoms with Gasteiger partial charge in [-0.1, -0.05) is 37.0 Å². The van der Waals surface area contributed by atoms with Gasteiger partial charge >= 0.3 is 6.09 Å². The van der Waals surface area contributed by atoms with E-state index in [1.165, 1.54) is 12.1 Å². The van der Waals surface area contributed by atoms with E-state index in [9.17, 15) is 15.0 Å². The third kappa shape index (κ3) is 3.74. The Labute approximate surface area is 147 Å². The number of carbonyl (C=O) groups is 1. The summed E-state index contributed by atoms with van der Waals surface area (Å²) in [6, 6.07) is 4.52. The van der Waals surface area contributed by atoms with E-state index in [1.807, 2.05) is 19.2 Å². The predicted octanol–water partition coefficient (Wildman–Crippen LogP) is 4.81. The van der Waals surface area contributed by atoms with Crippen molar-refractivity contribution >= 4 is 35.1 Å². The minimum Gasteiger partial charge on any atom is -0.508 e. The summed E-state index contributed by atoms with van der Waals surface area (Å²) in [5.74, 6) is -0.663.